The molecular formula is C23H29ClN4O3. The largest absolute Gasteiger partial charge is 0.394 e. The van der Waals surface area contributed by atoms with Gasteiger partial charge in [0.15, 0.2) is 0 Å². The zero-order chi connectivity index (χ0) is 22.4. The number of halogens is 1. The molecule has 1 aliphatic rings. The molecule has 2 aromatic rings. The average Bonchev–Trinajstić information content (AvgIpc) is 3.27. The maximum Gasteiger partial charge on any atom is 0.268 e. The number of hydrogen-bond donors (Lipinski definition) is 5. The Labute approximate surface area is 187 Å². The van der Waals surface area contributed by atoms with Gasteiger partial charge in [-0.05, 0) is 41.8 Å². The van der Waals surface area contributed by atoms with E-state index in [4.69, 9.17) is 11.6 Å². The lowest BCUT2D eigenvalue weighted by Crippen LogP contribution is -2.32. The first-order valence-electron chi connectivity index (χ1n) is 10.4. The lowest BCUT2D eigenvalue weighted by molar-refractivity contribution is 0.0911. The highest BCUT2D eigenvalue weighted by atomic mass is 35.5. The number of hydrogen-bond acceptors (Lipinski definition) is 5. The summed E-state index contributed by atoms with van der Waals surface area (Å²) in [5, 5.41) is 25.8. The number of benzene rings is 1. The second-order valence-corrected chi connectivity index (χ2v) is 8.19. The lowest BCUT2D eigenvalue weighted by atomic mass is 9.87. The average molecular weight is 445 g/mol. The fourth-order valence-corrected chi connectivity index (χ4v) is 3.75. The Hall–Kier alpha value is -2.61. The molecule has 1 amide bonds. The number of allylic oxidation sites excluding steroid dienone is 1. The number of aliphatic hydroxyl groups is 2. The first-order chi connectivity index (χ1) is 14.9. The standard InChI is InChI=1S/C23H29ClN4O3/c1-3-18(12-29)27-22-9-19(14(2)10-26-22)16-8-20(25-11-16)23(31)28-21(13-30)15-5-4-6-17(24)7-15/h4-11,14,18-19,21,25,27,29-30H,3,12-13H2,1-2H3,(H,28,31)/t14?,18-,19?,21+/m0/s1. The maximum absolute atomic E-state index is 12.8. The second-order valence-electron chi connectivity index (χ2n) is 7.76. The van der Waals surface area contributed by atoms with E-state index in [1.54, 1.807) is 18.2 Å². The number of aliphatic imine (C=N–C) groups is 1. The molecule has 166 valence electrons. The summed E-state index contributed by atoms with van der Waals surface area (Å²) in [5.74, 6) is 0.604. The Morgan fingerprint density at radius 2 is 2.10 bits per heavy atom. The van der Waals surface area contributed by atoms with Gasteiger partial charge < -0.3 is 25.8 Å². The van der Waals surface area contributed by atoms with Crippen molar-refractivity contribution in [2.24, 2.45) is 10.9 Å². The van der Waals surface area contributed by atoms with Crippen LogP contribution in [-0.2, 0) is 0 Å². The molecule has 8 heteroatoms. The SMILES string of the molecule is CC[C@@H](CO)NC1=CC(c2c[nH]c(C(=O)N[C@H](CO)c3cccc(Cl)c3)c2)C(C)C=N1. The summed E-state index contributed by atoms with van der Waals surface area (Å²) in [6, 6.07) is 8.27. The summed E-state index contributed by atoms with van der Waals surface area (Å²) in [5.41, 5.74) is 2.11. The van der Waals surface area contributed by atoms with E-state index in [0.29, 0.717) is 10.7 Å². The van der Waals surface area contributed by atoms with E-state index < -0.39 is 6.04 Å². The number of carbonyl (C=O) groups is 1. The first kappa shape index (κ1) is 23.1. The summed E-state index contributed by atoms with van der Waals surface area (Å²) >= 11 is 6.03. The van der Waals surface area contributed by atoms with E-state index in [1.165, 1.54) is 0 Å². The predicted molar refractivity (Wildman–Crippen MR) is 122 cm³/mol. The van der Waals surface area contributed by atoms with Crippen LogP contribution in [0.3, 0.4) is 0 Å². The molecule has 5 N–H and O–H groups in total. The summed E-state index contributed by atoms with van der Waals surface area (Å²) in [7, 11) is 0. The van der Waals surface area contributed by atoms with Crippen molar-refractivity contribution in [3.8, 4) is 0 Å². The molecule has 1 aliphatic heterocycles. The van der Waals surface area contributed by atoms with Crippen molar-refractivity contribution in [3.63, 3.8) is 0 Å². The molecule has 2 heterocycles. The Morgan fingerprint density at radius 1 is 1.29 bits per heavy atom. The molecule has 3 rings (SSSR count). The first-order valence-corrected chi connectivity index (χ1v) is 10.8. The third-order valence-electron chi connectivity index (χ3n) is 5.49. The zero-order valence-electron chi connectivity index (χ0n) is 17.7. The van der Waals surface area contributed by atoms with Gasteiger partial charge in [0.1, 0.15) is 11.5 Å². The number of carbonyl (C=O) groups excluding carboxylic acids is 1. The number of aliphatic hydroxyl groups excluding tert-OH is 2. The van der Waals surface area contributed by atoms with E-state index in [1.807, 2.05) is 37.5 Å². The van der Waals surface area contributed by atoms with Crippen LogP contribution in [0.4, 0.5) is 0 Å². The van der Waals surface area contributed by atoms with Crippen LogP contribution in [0, 0.1) is 5.92 Å². The lowest BCUT2D eigenvalue weighted by Gasteiger charge is -2.24. The van der Waals surface area contributed by atoms with Crippen LogP contribution in [-0.4, -0.2) is 46.6 Å². The Balaban J connectivity index is 1.73. The Kier molecular flexibility index (Phi) is 7.90. The molecule has 0 fully saturated rings. The summed E-state index contributed by atoms with van der Waals surface area (Å²) in [6.45, 7) is 3.87. The van der Waals surface area contributed by atoms with Gasteiger partial charge in [-0.2, -0.15) is 0 Å². The monoisotopic (exact) mass is 444 g/mol. The normalized spacial score (nSPS) is 20.1. The molecule has 1 aromatic heterocycles. The molecular weight excluding hydrogens is 416 g/mol. The number of rotatable bonds is 9. The quantitative estimate of drug-likeness (QED) is 0.409. The highest BCUT2D eigenvalue weighted by Gasteiger charge is 2.24. The van der Waals surface area contributed by atoms with Crippen LogP contribution < -0.4 is 10.6 Å². The number of H-pyrrole nitrogens is 1. The molecule has 0 bridgehead atoms. The molecule has 0 aliphatic carbocycles. The molecule has 0 saturated carbocycles. The molecule has 4 atom stereocenters. The molecule has 0 spiro atoms. The van der Waals surface area contributed by atoms with Gasteiger partial charge in [0.2, 0.25) is 0 Å². The van der Waals surface area contributed by atoms with Crippen molar-refractivity contribution >= 4 is 23.7 Å². The second kappa shape index (κ2) is 10.6. The van der Waals surface area contributed by atoms with E-state index in [2.05, 4.69) is 27.5 Å². The summed E-state index contributed by atoms with van der Waals surface area (Å²) in [6.07, 6.45) is 6.51. The van der Waals surface area contributed by atoms with Crippen molar-refractivity contribution in [1.82, 2.24) is 15.6 Å². The molecule has 2 unspecified atom stereocenters. The van der Waals surface area contributed by atoms with Gasteiger partial charge in [0.05, 0.1) is 25.3 Å². The van der Waals surface area contributed by atoms with E-state index in [0.717, 1.165) is 23.4 Å². The van der Waals surface area contributed by atoms with Crippen molar-refractivity contribution in [2.45, 2.75) is 38.3 Å². The topological polar surface area (TPSA) is 110 Å². The van der Waals surface area contributed by atoms with Crippen molar-refractivity contribution in [1.29, 1.82) is 0 Å². The Morgan fingerprint density at radius 3 is 2.77 bits per heavy atom. The van der Waals surface area contributed by atoms with Crippen LogP contribution in [0.25, 0.3) is 0 Å². The minimum atomic E-state index is -0.557. The van der Waals surface area contributed by atoms with Crippen LogP contribution in [0.5, 0.6) is 0 Å². The van der Waals surface area contributed by atoms with Gasteiger partial charge in [0.25, 0.3) is 5.91 Å². The number of nitrogens with zero attached hydrogens (tertiary/aromatic N) is 1. The third kappa shape index (κ3) is 5.76. The zero-order valence-corrected chi connectivity index (χ0v) is 18.4. The smallest absolute Gasteiger partial charge is 0.268 e. The number of aromatic nitrogens is 1. The number of amides is 1. The fourth-order valence-electron chi connectivity index (χ4n) is 3.55. The van der Waals surface area contributed by atoms with Gasteiger partial charge in [-0.15, -0.1) is 0 Å². The van der Waals surface area contributed by atoms with E-state index in [-0.39, 0.29) is 37.0 Å². The summed E-state index contributed by atoms with van der Waals surface area (Å²) in [4.78, 5) is 20.2. The van der Waals surface area contributed by atoms with Crippen LogP contribution >= 0.6 is 11.6 Å². The molecule has 1 aromatic carbocycles. The van der Waals surface area contributed by atoms with Gasteiger partial charge in [-0.3, -0.25) is 4.79 Å². The number of nitrogens with one attached hydrogen (secondary N) is 3. The van der Waals surface area contributed by atoms with Crippen molar-refractivity contribution in [3.05, 3.63) is 70.3 Å². The van der Waals surface area contributed by atoms with Crippen molar-refractivity contribution < 1.29 is 15.0 Å². The summed E-state index contributed by atoms with van der Waals surface area (Å²) < 4.78 is 0. The minimum absolute atomic E-state index is 0.0376. The predicted octanol–water partition coefficient (Wildman–Crippen LogP) is 3.14. The van der Waals surface area contributed by atoms with Crippen LogP contribution in [0.2, 0.25) is 5.02 Å². The minimum Gasteiger partial charge on any atom is -0.394 e. The Bertz CT molecular complexity index is 952. The molecule has 0 radical (unpaired) electrons. The van der Waals surface area contributed by atoms with Crippen molar-refractivity contribution in [2.75, 3.05) is 13.2 Å². The highest BCUT2D eigenvalue weighted by Crippen LogP contribution is 2.30. The molecule has 7 nitrogen and oxygen atoms in total. The molecule has 0 saturated heterocycles. The van der Waals surface area contributed by atoms with Gasteiger partial charge in [-0.1, -0.05) is 37.6 Å². The fraction of sp³-hybridized carbons (Fsp3) is 0.391. The van der Waals surface area contributed by atoms with Gasteiger partial charge in [0, 0.05) is 29.3 Å². The molecule has 31 heavy (non-hydrogen) atoms. The van der Waals surface area contributed by atoms with Gasteiger partial charge >= 0.3 is 0 Å². The van der Waals surface area contributed by atoms with Crippen LogP contribution in [0.15, 0.2) is 53.4 Å². The highest BCUT2D eigenvalue weighted by molar-refractivity contribution is 6.30. The third-order valence-corrected chi connectivity index (χ3v) is 5.73. The van der Waals surface area contributed by atoms with E-state index >= 15 is 0 Å². The van der Waals surface area contributed by atoms with Gasteiger partial charge in [-0.25, -0.2) is 4.99 Å². The van der Waals surface area contributed by atoms with Crippen LogP contribution in [0.1, 0.15) is 53.8 Å². The maximum atomic E-state index is 12.8. The number of aromatic amines is 1. The van der Waals surface area contributed by atoms with E-state index in [9.17, 15) is 15.0 Å².